The lowest BCUT2D eigenvalue weighted by Gasteiger charge is -2.16. The molecule has 2 heteroatoms. The molecule has 10 aromatic rings. The SMILES string of the molecule is c1ccc(-n2c3ccccc3c3ccc4c(c5ccc6ccccc6c5n4-c4ccccc4-c4cccc5ccccc45)c32)cc1. The molecular weight excluding hydrogens is 556 g/mol. The van der Waals surface area contributed by atoms with Gasteiger partial charge in [-0.1, -0.05) is 140 Å². The lowest BCUT2D eigenvalue weighted by atomic mass is 9.96. The van der Waals surface area contributed by atoms with Crippen molar-refractivity contribution < 1.29 is 0 Å². The van der Waals surface area contributed by atoms with E-state index in [0.717, 1.165) is 0 Å². The van der Waals surface area contributed by atoms with Crippen LogP contribution in [0.3, 0.4) is 0 Å². The third kappa shape index (κ3) is 3.47. The molecule has 2 nitrogen and oxygen atoms in total. The number of rotatable bonds is 3. The van der Waals surface area contributed by atoms with E-state index in [1.54, 1.807) is 0 Å². The fourth-order valence-electron chi connectivity index (χ4n) is 7.77. The molecule has 0 aliphatic heterocycles. The van der Waals surface area contributed by atoms with E-state index in [9.17, 15) is 0 Å². The van der Waals surface area contributed by atoms with E-state index >= 15 is 0 Å². The largest absolute Gasteiger partial charge is 0.309 e. The van der Waals surface area contributed by atoms with Gasteiger partial charge in [-0.2, -0.15) is 0 Å². The van der Waals surface area contributed by atoms with E-state index in [-0.39, 0.29) is 0 Å². The van der Waals surface area contributed by atoms with E-state index < -0.39 is 0 Å². The average molecular weight is 585 g/mol. The van der Waals surface area contributed by atoms with Gasteiger partial charge < -0.3 is 9.13 Å². The van der Waals surface area contributed by atoms with Crippen molar-refractivity contribution >= 4 is 65.2 Å². The molecule has 2 heterocycles. The molecule has 0 N–H and O–H groups in total. The maximum absolute atomic E-state index is 2.52. The number of fused-ring (bicyclic) bond motifs is 10. The number of benzene rings is 8. The molecule has 10 rings (SSSR count). The van der Waals surface area contributed by atoms with Crippen molar-refractivity contribution in [2.75, 3.05) is 0 Å². The monoisotopic (exact) mass is 584 g/mol. The molecule has 0 aliphatic carbocycles. The second-order valence-electron chi connectivity index (χ2n) is 12.1. The van der Waals surface area contributed by atoms with Crippen LogP contribution in [0.4, 0.5) is 0 Å². The van der Waals surface area contributed by atoms with Crippen LogP contribution >= 0.6 is 0 Å². The molecule has 0 spiro atoms. The summed E-state index contributed by atoms with van der Waals surface area (Å²) in [5.41, 5.74) is 9.69. The third-order valence-corrected chi connectivity index (χ3v) is 9.69. The van der Waals surface area contributed by atoms with Crippen LogP contribution in [0.25, 0.3) is 87.7 Å². The molecule has 0 atom stereocenters. The molecule has 0 saturated heterocycles. The van der Waals surface area contributed by atoms with Crippen molar-refractivity contribution in [3.8, 4) is 22.5 Å². The van der Waals surface area contributed by atoms with E-state index in [4.69, 9.17) is 0 Å². The number of hydrogen-bond acceptors (Lipinski definition) is 0. The van der Waals surface area contributed by atoms with Crippen LogP contribution in [0.1, 0.15) is 0 Å². The van der Waals surface area contributed by atoms with Gasteiger partial charge in [0.05, 0.1) is 27.8 Å². The summed E-state index contributed by atoms with van der Waals surface area (Å²) in [4.78, 5) is 0. The summed E-state index contributed by atoms with van der Waals surface area (Å²) in [5.74, 6) is 0. The normalized spacial score (nSPS) is 11.9. The molecule has 8 aromatic carbocycles. The quantitative estimate of drug-likeness (QED) is 0.195. The molecule has 0 amide bonds. The van der Waals surface area contributed by atoms with E-state index in [0.29, 0.717) is 0 Å². The minimum Gasteiger partial charge on any atom is -0.309 e. The van der Waals surface area contributed by atoms with Crippen molar-refractivity contribution in [1.82, 2.24) is 9.13 Å². The lowest BCUT2D eigenvalue weighted by molar-refractivity contribution is 1.18. The van der Waals surface area contributed by atoms with Crippen LogP contribution < -0.4 is 0 Å². The van der Waals surface area contributed by atoms with Gasteiger partial charge in [0.2, 0.25) is 0 Å². The van der Waals surface area contributed by atoms with Crippen LogP contribution in [0.15, 0.2) is 170 Å². The molecule has 0 aliphatic rings. The first-order valence-electron chi connectivity index (χ1n) is 15.9. The van der Waals surface area contributed by atoms with Crippen LogP contribution in [0.5, 0.6) is 0 Å². The van der Waals surface area contributed by atoms with Gasteiger partial charge in [-0.15, -0.1) is 0 Å². The van der Waals surface area contributed by atoms with Crippen LogP contribution in [0.2, 0.25) is 0 Å². The molecule has 0 radical (unpaired) electrons. The highest BCUT2D eigenvalue weighted by Gasteiger charge is 2.23. The summed E-state index contributed by atoms with van der Waals surface area (Å²) in [7, 11) is 0. The Morgan fingerprint density at radius 2 is 0.935 bits per heavy atom. The van der Waals surface area contributed by atoms with Crippen molar-refractivity contribution in [3.63, 3.8) is 0 Å². The van der Waals surface area contributed by atoms with E-state index in [1.165, 1.54) is 87.7 Å². The minimum absolute atomic E-state index is 1.17. The van der Waals surface area contributed by atoms with Gasteiger partial charge in [0.25, 0.3) is 0 Å². The summed E-state index contributed by atoms with van der Waals surface area (Å²) in [6, 6.07) is 61.9. The van der Waals surface area contributed by atoms with Crippen LogP contribution in [-0.4, -0.2) is 9.13 Å². The van der Waals surface area contributed by atoms with Crippen molar-refractivity contribution in [2.24, 2.45) is 0 Å². The lowest BCUT2D eigenvalue weighted by Crippen LogP contribution is -1.98. The van der Waals surface area contributed by atoms with Gasteiger partial charge in [0.1, 0.15) is 0 Å². The summed E-state index contributed by atoms with van der Waals surface area (Å²) in [6.45, 7) is 0. The smallest absolute Gasteiger partial charge is 0.0641 e. The Morgan fingerprint density at radius 1 is 0.304 bits per heavy atom. The Kier molecular flexibility index (Phi) is 5.31. The number of aromatic nitrogens is 2. The first kappa shape index (κ1) is 25.2. The predicted octanol–water partition coefficient (Wildman–Crippen LogP) is 11.9. The zero-order chi connectivity index (χ0) is 30.2. The molecular formula is C44H28N2. The summed E-state index contributed by atoms with van der Waals surface area (Å²) in [6.07, 6.45) is 0. The highest BCUT2D eigenvalue weighted by molar-refractivity contribution is 6.29. The Bertz CT molecular complexity index is 2790. The molecule has 214 valence electrons. The molecule has 2 aromatic heterocycles. The second-order valence-corrected chi connectivity index (χ2v) is 12.1. The first-order chi connectivity index (χ1) is 22.9. The fourth-order valence-corrected chi connectivity index (χ4v) is 7.77. The zero-order valence-corrected chi connectivity index (χ0v) is 25.1. The maximum atomic E-state index is 2.52. The standard InChI is InChI=1S/C44H28N2/c1-2-16-31(17-3-1)45-39-23-10-9-21-36(39)37-27-28-41-42(44(37)45)38-26-25-30-14-5-7-19-33(30)43(38)46(41)40-24-11-8-20-35(40)34-22-12-15-29-13-4-6-18-32(29)34/h1-28H. The first-order valence-corrected chi connectivity index (χ1v) is 15.9. The third-order valence-electron chi connectivity index (χ3n) is 9.69. The topological polar surface area (TPSA) is 9.86 Å². The van der Waals surface area contributed by atoms with Gasteiger partial charge in [-0.3, -0.25) is 0 Å². The minimum atomic E-state index is 1.17. The van der Waals surface area contributed by atoms with Crippen molar-refractivity contribution in [3.05, 3.63) is 170 Å². The zero-order valence-electron chi connectivity index (χ0n) is 25.1. The van der Waals surface area contributed by atoms with Crippen molar-refractivity contribution in [2.45, 2.75) is 0 Å². The average Bonchev–Trinajstić information content (AvgIpc) is 3.65. The van der Waals surface area contributed by atoms with Gasteiger partial charge in [0.15, 0.2) is 0 Å². The van der Waals surface area contributed by atoms with Crippen molar-refractivity contribution in [1.29, 1.82) is 0 Å². The second kappa shape index (κ2) is 9.69. The van der Waals surface area contributed by atoms with Crippen LogP contribution in [0, 0.1) is 0 Å². The molecule has 0 fully saturated rings. The summed E-state index contributed by atoms with van der Waals surface area (Å²) in [5, 5.41) is 10.0. The Labute approximate surface area is 266 Å². The highest BCUT2D eigenvalue weighted by atomic mass is 15.0. The highest BCUT2D eigenvalue weighted by Crippen LogP contribution is 2.45. The van der Waals surface area contributed by atoms with Gasteiger partial charge in [-0.05, 0) is 52.1 Å². The summed E-state index contributed by atoms with van der Waals surface area (Å²) < 4.78 is 4.99. The predicted molar refractivity (Wildman–Crippen MR) is 196 cm³/mol. The maximum Gasteiger partial charge on any atom is 0.0641 e. The fraction of sp³-hybridized carbons (Fsp3) is 0. The van der Waals surface area contributed by atoms with Gasteiger partial charge >= 0.3 is 0 Å². The Morgan fingerprint density at radius 3 is 1.80 bits per heavy atom. The number of para-hydroxylation sites is 3. The van der Waals surface area contributed by atoms with E-state index in [1.807, 2.05) is 0 Å². The molecule has 0 saturated carbocycles. The van der Waals surface area contributed by atoms with Crippen LogP contribution in [-0.2, 0) is 0 Å². The molecule has 0 bridgehead atoms. The molecule has 0 unspecified atom stereocenters. The number of hydrogen-bond donors (Lipinski definition) is 0. The molecule has 46 heavy (non-hydrogen) atoms. The summed E-state index contributed by atoms with van der Waals surface area (Å²) >= 11 is 0. The Hall–Kier alpha value is -6.12. The van der Waals surface area contributed by atoms with Gasteiger partial charge in [-0.25, -0.2) is 0 Å². The van der Waals surface area contributed by atoms with E-state index in [2.05, 4.69) is 179 Å². The Balaban J connectivity index is 1.44. The van der Waals surface area contributed by atoms with Gasteiger partial charge in [0, 0.05) is 38.2 Å². The number of nitrogens with zero attached hydrogens (tertiary/aromatic N) is 2.